The zero-order valence-corrected chi connectivity index (χ0v) is 16.0. The van der Waals surface area contributed by atoms with Gasteiger partial charge in [0.2, 0.25) is 0 Å². The van der Waals surface area contributed by atoms with Crippen LogP contribution in [0.2, 0.25) is 0 Å². The molecule has 0 aliphatic rings. The molecule has 0 bridgehead atoms. The Hall–Kier alpha value is -3.54. The van der Waals surface area contributed by atoms with Crippen molar-refractivity contribution in [1.29, 1.82) is 0 Å². The first kappa shape index (κ1) is 22.7. The molecule has 0 fully saturated rings. The third-order valence-electron chi connectivity index (χ3n) is 3.89. The molecule has 0 aliphatic heterocycles. The van der Waals surface area contributed by atoms with Crippen LogP contribution in [0.15, 0.2) is 42.5 Å². The summed E-state index contributed by atoms with van der Waals surface area (Å²) < 4.78 is 51.4. The lowest BCUT2D eigenvalue weighted by Gasteiger charge is -2.08. The van der Waals surface area contributed by atoms with Crippen LogP contribution in [0.4, 0.5) is 22.4 Å². The van der Waals surface area contributed by atoms with Gasteiger partial charge in [0.05, 0.1) is 12.1 Å². The van der Waals surface area contributed by atoms with Gasteiger partial charge in [-0.15, -0.1) is 0 Å². The first-order chi connectivity index (χ1) is 14.2. The summed E-state index contributed by atoms with van der Waals surface area (Å²) in [6, 6.07) is 8.14. The molecular weight excluding hydrogens is 402 g/mol. The molecule has 2 aromatic carbocycles. The Kier molecular flexibility index (Phi) is 7.81. The fourth-order valence-electron chi connectivity index (χ4n) is 2.29. The first-order valence-corrected chi connectivity index (χ1v) is 8.89. The maximum absolute atomic E-state index is 13.5. The Labute approximate surface area is 170 Å². The molecule has 0 saturated carbocycles. The van der Waals surface area contributed by atoms with Crippen molar-refractivity contribution in [3.05, 3.63) is 70.5 Å². The molecule has 0 unspecified atom stereocenters. The topological polar surface area (TPSA) is 70.2 Å². The van der Waals surface area contributed by atoms with E-state index in [4.69, 9.17) is 0 Å². The predicted octanol–water partition coefficient (Wildman–Crippen LogP) is 3.23. The molecule has 0 atom stereocenters. The van der Waals surface area contributed by atoms with Crippen LogP contribution in [0.5, 0.6) is 0 Å². The summed E-state index contributed by atoms with van der Waals surface area (Å²) in [7, 11) is 0. The third-order valence-corrected chi connectivity index (χ3v) is 3.89. The molecule has 158 valence electrons. The third kappa shape index (κ3) is 7.13. The van der Waals surface area contributed by atoms with Crippen LogP contribution in [0, 0.1) is 24.6 Å². The number of aryl methyl sites for hydroxylation is 1. The van der Waals surface area contributed by atoms with E-state index in [1.54, 1.807) is 6.92 Å². The molecule has 30 heavy (non-hydrogen) atoms. The van der Waals surface area contributed by atoms with Crippen molar-refractivity contribution in [2.24, 2.45) is 0 Å². The minimum Gasteiger partial charge on any atom is -0.350 e. The van der Waals surface area contributed by atoms with E-state index in [0.717, 1.165) is 18.2 Å². The molecule has 0 aliphatic carbocycles. The van der Waals surface area contributed by atoms with Crippen LogP contribution < -0.4 is 16.0 Å². The van der Waals surface area contributed by atoms with Gasteiger partial charge in [-0.05, 0) is 42.8 Å². The summed E-state index contributed by atoms with van der Waals surface area (Å²) in [5.74, 6) is 4.15. The van der Waals surface area contributed by atoms with E-state index in [1.807, 2.05) is 0 Å². The van der Waals surface area contributed by atoms with Gasteiger partial charge < -0.3 is 16.0 Å². The van der Waals surface area contributed by atoms with Crippen LogP contribution in [0.3, 0.4) is 0 Å². The van der Waals surface area contributed by atoms with E-state index in [-0.39, 0.29) is 30.8 Å². The number of alkyl halides is 3. The summed E-state index contributed by atoms with van der Waals surface area (Å²) in [5, 5.41) is 7.44. The van der Waals surface area contributed by atoms with E-state index in [9.17, 15) is 27.2 Å². The van der Waals surface area contributed by atoms with E-state index < -0.39 is 29.5 Å². The Morgan fingerprint density at radius 2 is 1.73 bits per heavy atom. The zero-order valence-electron chi connectivity index (χ0n) is 16.0. The van der Waals surface area contributed by atoms with Gasteiger partial charge >= 0.3 is 12.2 Å². The summed E-state index contributed by atoms with van der Waals surface area (Å²) in [6.07, 6.45) is -4.45. The van der Waals surface area contributed by atoms with Gasteiger partial charge in [0.25, 0.3) is 5.91 Å². The molecule has 0 radical (unpaired) electrons. The zero-order chi connectivity index (χ0) is 22.1. The highest BCUT2D eigenvalue weighted by molar-refractivity contribution is 5.94. The van der Waals surface area contributed by atoms with Gasteiger partial charge in [0, 0.05) is 24.2 Å². The van der Waals surface area contributed by atoms with Gasteiger partial charge in [0.1, 0.15) is 5.82 Å². The quantitative estimate of drug-likeness (QED) is 0.394. The molecule has 5 nitrogen and oxygen atoms in total. The number of urea groups is 1. The molecule has 0 heterocycles. The van der Waals surface area contributed by atoms with Gasteiger partial charge in [-0.25, -0.2) is 9.18 Å². The van der Waals surface area contributed by atoms with Crippen molar-refractivity contribution < 1.29 is 27.2 Å². The van der Waals surface area contributed by atoms with Crippen LogP contribution in [0.25, 0.3) is 0 Å². The van der Waals surface area contributed by atoms with Crippen LogP contribution in [0.1, 0.15) is 27.0 Å². The molecule has 3 amide bonds. The predicted molar refractivity (Wildman–Crippen MR) is 103 cm³/mol. The maximum atomic E-state index is 13.5. The van der Waals surface area contributed by atoms with E-state index in [0.29, 0.717) is 5.56 Å². The molecular formula is C21H19F4N3O2. The highest BCUT2D eigenvalue weighted by Crippen LogP contribution is 2.29. The summed E-state index contributed by atoms with van der Waals surface area (Å²) >= 11 is 0. The van der Waals surface area contributed by atoms with Gasteiger partial charge in [-0.1, -0.05) is 24.0 Å². The summed E-state index contributed by atoms with van der Waals surface area (Å²) in [4.78, 5) is 23.5. The van der Waals surface area contributed by atoms with Crippen molar-refractivity contribution in [3.63, 3.8) is 0 Å². The molecule has 3 N–H and O–H groups in total. The molecule has 9 heteroatoms. The number of amides is 3. The summed E-state index contributed by atoms with van der Waals surface area (Å²) in [5.41, 5.74) is -0.00817. The monoisotopic (exact) mass is 421 g/mol. The van der Waals surface area contributed by atoms with E-state index in [2.05, 4.69) is 27.8 Å². The lowest BCUT2D eigenvalue weighted by Crippen LogP contribution is -2.40. The number of hydrogen-bond donors (Lipinski definition) is 3. The first-order valence-electron chi connectivity index (χ1n) is 8.89. The average molecular weight is 421 g/mol. The fraction of sp³-hybridized carbons (Fsp3) is 0.238. The van der Waals surface area contributed by atoms with Crippen molar-refractivity contribution in [2.75, 3.05) is 19.6 Å². The number of carbonyl (C=O) groups excluding carboxylic acids is 2. The second-order valence-corrected chi connectivity index (χ2v) is 6.21. The van der Waals surface area contributed by atoms with Crippen molar-refractivity contribution in [3.8, 4) is 11.8 Å². The lowest BCUT2D eigenvalue weighted by molar-refractivity contribution is -0.137. The SMILES string of the molecule is Cc1ccc(C(=O)NCCNC(=O)NCC#Cc2cccc(C(F)(F)F)c2)cc1F. The van der Waals surface area contributed by atoms with Gasteiger partial charge in [0.15, 0.2) is 0 Å². The lowest BCUT2D eigenvalue weighted by atomic mass is 10.1. The highest BCUT2D eigenvalue weighted by atomic mass is 19.4. The standard InChI is InChI=1S/C21H19F4N3O2/c1-14-7-8-16(13-18(14)22)19(29)26-10-11-28-20(30)27-9-3-5-15-4-2-6-17(12-15)21(23,24)25/h2,4,6-8,12-13H,9-11H2,1H3,(H,26,29)(H2,27,28,30). The number of rotatable bonds is 5. The second-order valence-electron chi connectivity index (χ2n) is 6.21. The summed E-state index contributed by atoms with van der Waals surface area (Å²) in [6.45, 7) is 1.76. The Balaban J connectivity index is 1.69. The highest BCUT2D eigenvalue weighted by Gasteiger charge is 2.30. The molecule has 2 aromatic rings. The molecule has 0 saturated heterocycles. The Bertz CT molecular complexity index is 978. The fourth-order valence-corrected chi connectivity index (χ4v) is 2.29. The number of carbonyl (C=O) groups is 2. The van der Waals surface area contributed by atoms with E-state index in [1.165, 1.54) is 24.3 Å². The van der Waals surface area contributed by atoms with Crippen molar-refractivity contribution in [2.45, 2.75) is 13.1 Å². The van der Waals surface area contributed by atoms with Crippen molar-refractivity contribution >= 4 is 11.9 Å². The van der Waals surface area contributed by atoms with Crippen LogP contribution in [-0.2, 0) is 6.18 Å². The van der Waals surface area contributed by atoms with Crippen molar-refractivity contribution in [1.82, 2.24) is 16.0 Å². The number of nitrogens with one attached hydrogen (secondary N) is 3. The molecule has 2 rings (SSSR count). The van der Waals surface area contributed by atoms with Gasteiger partial charge in [-0.2, -0.15) is 13.2 Å². The number of benzene rings is 2. The second kappa shape index (κ2) is 10.3. The molecule has 0 aromatic heterocycles. The minimum absolute atomic E-state index is 0.0723. The maximum Gasteiger partial charge on any atom is 0.416 e. The van der Waals surface area contributed by atoms with Crippen LogP contribution >= 0.6 is 0 Å². The Morgan fingerprint density at radius 1 is 1.00 bits per heavy atom. The van der Waals surface area contributed by atoms with Crippen LogP contribution in [-0.4, -0.2) is 31.6 Å². The smallest absolute Gasteiger partial charge is 0.350 e. The van der Waals surface area contributed by atoms with E-state index >= 15 is 0 Å². The minimum atomic E-state index is -4.45. The number of hydrogen-bond acceptors (Lipinski definition) is 2. The Morgan fingerprint density at radius 3 is 2.43 bits per heavy atom. The normalized spacial score (nSPS) is 10.6. The van der Waals surface area contributed by atoms with Gasteiger partial charge in [-0.3, -0.25) is 4.79 Å². The average Bonchev–Trinajstić information content (AvgIpc) is 2.70. The largest absolute Gasteiger partial charge is 0.416 e. The molecule has 0 spiro atoms. The number of halogens is 4.